The molecule has 2 saturated heterocycles. The number of likely N-dealkylation sites (tertiary alicyclic amines) is 1. The molecule has 2 aliphatic heterocycles. The number of aryl methyl sites for hydroxylation is 1. The molecular weight excluding hydrogens is 533 g/mol. The number of rotatable bonds is 6. The third kappa shape index (κ3) is 6.77. The molecule has 32 heavy (non-hydrogen) atoms. The normalized spacial score (nSPS) is 17.9. The molecule has 0 amide bonds. The number of halogens is 1. The van der Waals surface area contributed by atoms with E-state index >= 15 is 0 Å². The van der Waals surface area contributed by atoms with Gasteiger partial charge in [-0.05, 0) is 37.1 Å². The summed E-state index contributed by atoms with van der Waals surface area (Å²) < 4.78 is 4.42. The molecule has 0 atom stereocenters. The van der Waals surface area contributed by atoms with Crippen LogP contribution in [0.15, 0.2) is 29.3 Å². The van der Waals surface area contributed by atoms with Gasteiger partial charge in [-0.2, -0.15) is 4.37 Å². The van der Waals surface area contributed by atoms with Crippen molar-refractivity contribution in [3.8, 4) is 0 Å². The molecule has 0 unspecified atom stereocenters. The Labute approximate surface area is 213 Å². The minimum Gasteiger partial charge on any atom is -0.352 e. The first-order chi connectivity index (χ1) is 15.2. The number of aromatic nitrogens is 2. The lowest BCUT2D eigenvalue weighted by Gasteiger charge is -2.36. The zero-order valence-corrected chi connectivity index (χ0v) is 22.4. The van der Waals surface area contributed by atoms with E-state index in [0.717, 1.165) is 62.6 Å². The third-order valence-corrected chi connectivity index (χ3v) is 6.98. The Kier molecular flexibility index (Phi) is 9.98. The average molecular weight is 570 g/mol. The zero-order chi connectivity index (χ0) is 21.5. The van der Waals surface area contributed by atoms with Crippen LogP contribution in [0.3, 0.4) is 0 Å². The van der Waals surface area contributed by atoms with E-state index in [-0.39, 0.29) is 24.0 Å². The van der Waals surface area contributed by atoms with Gasteiger partial charge < -0.3 is 15.1 Å². The predicted molar refractivity (Wildman–Crippen MR) is 144 cm³/mol. The quantitative estimate of drug-likeness (QED) is 0.326. The van der Waals surface area contributed by atoms with Crippen molar-refractivity contribution in [1.29, 1.82) is 0 Å². The number of guanidine groups is 1. The molecule has 0 saturated carbocycles. The maximum Gasteiger partial charge on any atom is 0.205 e. The molecule has 0 aliphatic carbocycles. The summed E-state index contributed by atoms with van der Waals surface area (Å²) in [7, 11) is 1.87. The number of anilines is 1. The molecule has 2 fully saturated rings. The maximum atomic E-state index is 4.63. The molecule has 0 bridgehead atoms. The van der Waals surface area contributed by atoms with Gasteiger partial charge in [-0.25, -0.2) is 4.98 Å². The van der Waals surface area contributed by atoms with Crippen LogP contribution in [0.5, 0.6) is 0 Å². The van der Waals surface area contributed by atoms with Crippen LogP contribution in [0.25, 0.3) is 0 Å². The monoisotopic (exact) mass is 569 g/mol. The highest BCUT2D eigenvalue weighted by molar-refractivity contribution is 14.0. The molecule has 0 spiro atoms. The van der Waals surface area contributed by atoms with Gasteiger partial charge >= 0.3 is 0 Å². The predicted octanol–water partition coefficient (Wildman–Crippen LogP) is 3.60. The molecule has 2 aliphatic rings. The van der Waals surface area contributed by atoms with Crippen LogP contribution in [-0.4, -0.2) is 71.4 Å². The van der Waals surface area contributed by atoms with Gasteiger partial charge in [0.05, 0.1) is 0 Å². The number of nitrogens with zero attached hydrogens (tertiary/aromatic N) is 6. The van der Waals surface area contributed by atoms with E-state index in [1.807, 2.05) is 7.05 Å². The van der Waals surface area contributed by atoms with Gasteiger partial charge in [-0.1, -0.05) is 37.6 Å². The van der Waals surface area contributed by atoms with E-state index in [0.29, 0.717) is 0 Å². The molecule has 3 heterocycles. The summed E-state index contributed by atoms with van der Waals surface area (Å²) in [6.45, 7) is 10.2. The van der Waals surface area contributed by atoms with Crippen LogP contribution in [0.1, 0.15) is 43.1 Å². The van der Waals surface area contributed by atoms with Gasteiger partial charge in [-0.3, -0.25) is 9.89 Å². The average Bonchev–Trinajstić information content (AvgIpc) is 3.31. The highest BCUT2D eigenvalue weighted by atomic mass is 127. The second-order valence-electron chi connectivity index (χ2n) is 8.37. The van der Waals surface area contributed by atoms with Gasteiger partial charge in [0.15, 0.2) is 5.96 Å². The number of hydrogen-bond acceptors (Lipinski definition) is 6. The summed E-state index contributed by atoms with van der Waals surface area (Å²) in [4.78, 5) is 16.4. The van der Waals surface area contributed by atoms with Crippen molar-refractivity contribution in [2.45, 2.75) is 45.7 Å². The second kappa shape index (κ2) is 12.7. The highest BCUT2D eigenvalue weighted by Gasteiger charge is 2.22. The van der Waals surface area contributed by atoms with E-state index in [9.17, 15) is 0 Å². The number of aliphatic imine (C=N–C) groups is 1. The summed E-state index contributed by atoms with van der Waals surface area (Å²) in [6, 6.07) is 9.05. The fourth-order valence-corrected chi connectivity index (χ4v) is 5.08. The second-order valence-corrected chi connectivity index (χ2v) is 9.11. The van der Waals surface area contributed by atoms with Crippen LogP contribution in [0.4, 0.5) is 5.13 Å². The highest BCUT2D eigenvalue weighted by Crippen LogP contribution is 2.19. The summed E-state index contributed by atoms with van der Waals surface area (Å²) in [6.07, 6.45) is 4.97. The van der Waals surface area contributed by atoms with Crippen molar-refractivity contribution < 1.29 is 0 Å². The first-order valence-electron chi connectivity index (χ1n) is 11.6. The molecule has 1 aromatic carbocycles. The first kappa shape index (κ1) is 25.2. The number of nitrogens with one attached hydrogen (secondary N) is 1. The molecule has 9 heteroatoms. The first-order valence-corrected chi connectivity index (χ1v) is 12.4. The topological polar surface area (TPSA) is 59.9 Å². The van der Waals surface area contributed by atoms with Gasteiger partial charge in [0.25, 0.3) is 0 Å². The Bertz CT molecular complexity index is 840. The van der Waals surface area contributed by atoms with Gasteiger partial charge in [0.2, 0.25) is 5.13 Å². The van der Waals surface area contributed by atoms with Crippen LogP contribution >= 0.6 is 35.5 Å². The standard InChI is InChI=1S/C23H35N7S.HI/c1-3-21-26-23(31-27-21)30-15-13-29(14-16-30)22(24-2)25-17-19-7-9-20(10-8-19)18-28-11-5-4-6-12-28;/h7-10H,3-6,11-18H2,1-2H3,(H,24,25);1H. The van der Waals surface area contributed by atoms with E-state index in [4.69, 9.17) is 0 Å². The van der Waals surface area contributed by atoms with Crippen LogP contribution in [0, 0.1) is 0 Å². The van der Waals surface area contributed by atoms with Crippen molar-refractivity contribution in [3.05, 3.63) is 41.2 Å². The van der Waals surface area contributed by atoms with Crippen LogP contribution < -0.4 is 10.2 Å². The molecule has 0 radical (unpaired) electrons. The van der Waals surface area contributed by atoms with Crippen LogP contribution in [-0.2, 0) is 19.5 Å². The van der Waals surface area contributed by atoms with Crippen molar-refractivity contribution >= 4 is 46.6 Å². The largest absolute Gasteiger partial charge is 0.352 e. The van der Waals surface area contributed by atoms with Crippen molar-refractivity contribution in [2.75, 3.05) is 51.2 Å². The Morgan fingerprint density at radius 1 is 1.00 bits per heavy atom. The minimum atomic E-state index is 0. The van der Waals surface area contributed by atoms with Crippen molar-refractivity contribution in [3.63, 3.8) is 0 Å². The molecule has 176 valence electrons. The molecule has 1 aromatic heterocycles. The maximum absolute atomic E-state index is 4.63. The lowest BCUT2D eigenvalue weighted by molar-refractivity contribution is 0.221. The van der Waals surface area contributed by atoms with Gasteiger partial charge in [0.1, 0.15) is 5.82 Å². The Morgan fingerprint density at radius 3 is 2.31 bits per heavy atom. The number of piperazine rings is 1. The van der Waals surface area contributed by atoms with Crippen molar-refractivity contribution in [2.24, 2.45) is 4.99 Å². The smallest absolute Gasteiger partial charge is 0.205 e. The van der Waals surface area contributed by atoms with Crippen molar-refractivity contribution in [1.82, 2.24) is 24.5 Å². The molecular formula is C23H36IN7S. The summed E-state index contributed by atoms with van der Waals surface area (Å²) in [5, 5.41) is 4.59. The Hall–Kier alpha value is -1.46. The van der Waals surface area contributed by atoms with Gasteiger partial charge in [-0.15, -0.1) is 24.0 Å². The Morgan fingerprint density at radius 2 is 1.69 bits per heavy atom. The molecule has 1 N–H and O–H groups in total. The summed E-state index contributed by atoms with van der Waals surface area (Å²) >= 11 is 1.51. The fourth-order valence-electron chi connectivity index (χ4n) is 4.28. The summed E-state index contributed by atoms with van der Waals surface area (Å²) in [5.41, 5.74) is 2.71. The number of piperidine rings is 1. The lowest BCUT2D eigenvalue weighted by Crippen LogP contribution is -2.52. The molecule has 2 aromatic rings. The molecule has 7 nitrogen and oxygen atoms in total. The Balaban J connectivity index is 0.00000289. The number of benzene rings is 1. The minimum absolute atomic E-state index is 0. The third-order valence-electron chi connectivity index (χ3n) is 6.16. The number of hydrogen-bond donors (Lipinski definition) is 1. The fraction of sp³-hybridized carbons (Fsp3) is 0.609. The van der Waals surface area contributed by atoms with Crippen LogP contribution in [0.2, 0.25) is 0 Å². The SMILES string of the molecule is CCc1nsc(N2CCN(C(=NC)NCc3ccc(CN4CCCCC4)cc3)CC2)n1.I. The summed E-state index contributed by atoms with van der Waals surface area (Å²) in [5.74, 6) is 1.92. The van der Waals surface area contributed by atoms with Gasteiger partial charge in [0, 0.05) is 64.3 Å². The van der Waals surface area contributed by atoms with E-state index in [1.165, 1.54) is 55.0 Å². The van der Waals surface area contributed by atoms with E-state index < -0.39 is 0 Å². The molecule has 4 rings (SSSR count). The van der Waals surface area contributed by atoms with E-state index in [2.05, 4.69) is 65.6 Å². The van der Waals surface area contributed by atoms with E-state index in [1.54, 1.807) is 0 Å². The zero-order valence-electron chi connectivity index (χ0n) is 19.3. The lowest BCUT2D eigenvalue weighted by atomic mass is 10.1.